The summed E-state index contributed by atoms with van der Waals surface area (Å²) >= 11 is 0. The minimum atomic E-state index is -0.358. The summed E-state index contributed by atoms with van der Waals surface area (Å²) in [5.41, 5.74) is 1.04. The Morgan fingerprint density at radius 1 is 1.44 bits per heavy atom. The van der Waals surface area contributed by atoms with Gasteiger partial charge >= 0.3 is 0 Å². The zero-order valence-electron chi connectivity index (χ0n) is 9.91. The van der Waals surface area contributed by atoms with Gasteiger partial charge in [-0.3, -0.25) is 10.1 Å². The SMILES string of the molecule is O=[N+]([O-])c1ccc2ccn(CC3CCCO3)c2c1. The van der Waals surface area contributed by atoms with Crippen molar-refractivity contribution in [2.24, 2.45) is 0 Å². The number of non-ortho nitro benzene ring substituents is 1. The van der Waals surface area contributed by atoms with E-state index in [1.807, 2.05) is 16.8 Å². The highest BCUT2D eigenvalue weighted by Crippen LogP contribution is 2.23. The molecule has 5 heteroatoms. The zero-order chi connectivity index (χ0) is 12.5. The molecule has 3 rings (SSSR count). The first-order chi connectivity index (χ1) is 8.74. The van der Waals surface area contributed by atoms with Gasteiger partial charge in [-0.15, -0.1) is 0 Å². The molecule has 5 nitrogen and oxygen atoms in total. The molecule has 0 amide bonds. The summed E-state index contributed by atoms with van der Waals surface area (Å²) in [6, 6.07) is 6.94. The van der Waals surface area contributed by atoms with Crippen LogP contribution in [0.5, 0.6) is 0 Å². The topological polar surface area (TPSA) is 57.3 Å². The normalized spacial score (nSPS) is 19.4. The Balaban J connectivity index is 1.95. The molecular weight excluding hydrogens is 232 g/mol. The van der Waals surface area contributed by atoms with Crippen molar-refractivity contribution in [3.63, 3.8) is 0 Å². The number of benzene rings is 1. The Bertz CT molecular complexity index is 585. The maximum atomic E-state index is 10.8. The molecule has 1 unspecified atom stereocenters. The third-order valence-corrected chi connectivity index (χ3v) is 3.39. The molecule has 2 aromatic rings. The predicted octanol–water partition coefficient (Wildman–Crippen LogP) is 2.73. The molecule has 1 saturated heterocycles. The fourth-order valence-corrected chi connectivity index (χ4v) is 2.45. The summed E-state index contributed by atoms with van der Waals surface area (Å²) in [6.07, 6.45) is 4.37. The number of nitrogens with zero attached hydrogens (tertiary/aromatic N) is 2. The molecule has 0 N–H and O–H groups in total. The maximum absolute atomic E-state index is 10.8. The smallest absolute Gasteiger partial charge is 0.271 e. The van der Waals surface area contributed by atoms with Crippen LogP contribution in [0.4, 0.5) is 5.69 Å². The lowest BCUT2D eigenvalue weighted by atomic mass is 10.2. The second-order valence-electron chi connectivity index (χ2n) is 4.60. The first-order valence-corrected chi connectivity index (χ1v) is 6.09. The van der Waals surface area contributed by atoms with Gasteiger partial charge in [0.05, 0.1) is 16.5 Å². The van der Waals surface area contributed by atoms with Crippen LogP contribution in [0.1, 0.15) is 12.8 Å². The van der Waals surface area contributed by atoms with Crippen molar-refractivity contribution >= 4 is 16.6 Å². The number of aromatic nitrogens is 1. The molecule has 1 atom stereocenters. The Labute approximate surface area is 104 Å². The Kier molecular flexibility index (Phi) is 2.76. The van der Waals surface area contributed by atoms with Crippen LogP contribution in [0.2, 0.25) is 0 Å². The molecule has 0 radical (unpaired) electrons. The lowest BCUT2D eigenvalue weighted by molar-refractivity contribution is -0.384. The van der Waals surface area contributed by atoms with Crippen LogP contribution in [0, 0.1) is 10.1 Å². The van der Waals surface area contributed by atoms with Gasteiger partial charge in [-0.2, -0.15) is 0 Å². The van der Waals surface area contributed by atoms with Gasteiger partial charge in [0.25, 0.3) is 5.69 Å². The number of fused-ring (bicyclic) bond motifs is 1. The third-order valence-electron chi connectivity index (χ3n) is 3.39. The van der Waals surface area contributed by atoms with Crippen LogP contribution < -0.4 is 0 Å². The van der Waals surface area contributed by atoms with E-state index in [0.29, 0.717) is 0 Å². The third kappa shape index (κ3) is 1.97. The van der Waals surface area contributed by atoms with E-state index in [1.165, 1.54) is 0 Å². The van der Waals surface area contributed by atoms with Crippen LogP contribution >= 0.6 is 0 Å². The molecule has 0 bridgehead atoms. The van der Waals surface area contributed by atoms with Gasteiger partial charge in [-0.1, -0.05) is 0 Å². The molecule has 1 aliphatic heterocycles. The van der Waals surface area contributed by atoms with Gasteiger partial charge in [0.15, 0.2) is 0 Å². The maximum Gasteiger partial charge on any atom is 0.271 e. The number of hydrogen-bond acceptors (Lipinski definition) is 3. The van der Waals surface area contributed by atoms with Crippen LogP contribution in [0.15, 0.2) is 30.5 Å². The van der Waals surface area contributed by atoms with Crippen molar-refractivity contribution < 1.29 is 9.66 Å². The molecular formula is C13H14N2O3. The number of nitro groups is 1. The number of ether oxygens (including phenoxy) is 1. The van der Waals surface area contributed by atoms with Gasteiger partial charge in [0.1, 0.15) is 0 Å². The molecule has 1 aromatic heterocycles. The van der Waals surface area contributed by atoms with Crippen LogP contribution in [0.25, 0.3) is 10.9 Å². The molecule has 0 aliphatic carbocycles. The monoisotopic (exact) mass is 246 g/mol. The lowest BCUT2D eigenvalue weighted by Gasteiger charge is -2.11. The first-order valence-electron chi connectivity index (χ1n) is 6.09. The van der Waals surface area contributed by atoms with Crippen LogP contribution in [0.3, 0.4) is 0 Å². The van der Waals surface area contributed by atoms with Crippen LogP contribution in [-0.2, 0) is 11.3 Å². The minimum Gasteiger partial charge on any atom is -0.376 e. The van der Waals surface area contributed by atoms with Crippen molar-refractivity contribution in [1.29, 1.82) is 0 Å². The molecule has 1 aliphatic rings. The summed E-state index contributed by atoms with van der Waals surface area (Å²) in [4.78, 5) is 10.4. The molecule has 0 saturated carbocycles. The molecule has 2 heterocycles. The highest BCUT2D eigenvalue weighted by Gasteiger charge is 2.17. The minimum absolute atomic E-state index is 0.134. The Morgan fingerprint density at radius 2 is 2.33 bits per heavy atom. The second-order valence-corrected chi connectivity index (χ2v) is 4.60. The predicted molar refractivity (Wildman–Crippen MR) is 67.6 cm³/mol. The second kappa shape index (κ2) is 4.42. The fraction of sp³-hybridized carbons (Fsp3) is 0.385. The summed E-state index contributed by atoms with van der Waals surface area (Å²) in [6.45, 7) is 1.59. The first kappa shape index (κ1) is 11.2. The molecule has 1 fully saturated rings. The van der Waals surface area contributed by atoms with Gasteiger partial charge in [0.2, 0.25) is 0 Å². The summed E-state index contributed by atoms with van der Waals surface area (Å²) in [5, 5.41) is 11.8. The van der Waals surface area contributed by atoms with Crippen molar-refractivity contribution in [3.05, 3.63) is 40.6 Å². The van der Waals surface area contributed by atoms with Gasteiger partial charge in [-0.05, 0) is 25.0 Å². The van der Waals surface area contributed by atoms with Crippen LogP contribution in [-0.4, -0.2) is 22.2 Å². The highest BCUT2D eigenvalue weighted by molar-refractivity contribution is 5.82. The van der Waals surface area contributed by atoms with Gasteiger partial charge in [-0.25, -0.2) is 0 Å². The lowest BCUT2D eigenvalue weighted by Crippen LogP contribution is -2.13. The van der Waals surface area contributed by atoms with E-state index in [-0.39, 0.29) is 16.7 Å². The molecule has 18 heavy (non-hydrogen) atoms. The number of nitro benzene ring substituents is 1. The Hall–Kier alpha value is -1.88. The average molecular weight is 246 g/mol. The standard InChI is InChI=1S/C13H14N2O3/c16-15(17)11-4-3-10-5-6-14(13(10)8-11)9-12-2-1-7-18-12/h3-6,8,12H,1-2,7,9H2. The number of hydrogen-bond donors (Lipinski definition) is 0. The van der Waals surface area contributed by atoms with Crippen molar-refractivity contribution in [2.75, 3.05) is 6.61 Å². The van der Waals surface area contributed by atoms with E-state index in [9.17, 15) is 10.1 Å². The zero-order valence-corrected chi connectivity index (χ0v) is 9.91. The molecule has 94 valence electrons. The average Bonchev–Trinajstić information content (AvgIpc) is 2.99. The van der Waals surface area contributed by atoms with E-state index in [1.54, 1.807) is 18.2 Å². The quantitative estimate of drug-likeness (QED) is 0.618. The van der Waals surface area contributed by atoms with E-state index >= 15 is 0 Å². The van der Waals surface area contributed by atoms with E-state index in [2.05, 4.69) is 0 Å². The van der Waals surface area contributed by atoms with Crippen molar-refractivity contribution in [1.82, 2.24) is 4.57 Å². The summed E-state index contributed by atoms with van der Waals surface area (Å²) in [7, 11) is 0. The van der Waals surface area contributed by atoms with Crippen molar-refractivity contribution in [2.45, 2.75) is 25.5 Å². The van der Waals surface area contributed by atoms with E-state index in [4.69, 9.17) is 4.74 Å². The number of rotatable bonds is 3. The van der Waals surface area contributed by atoms with E-state index < -0.39 is 0 Å². The fourth-order valence-electron chi connectivity index (χ4n) is 2.45. The Morgan fingerprint density at radius 3 is 3.06 bits per heavy atom. The summed E-state index contributed by atoms with van der Waals surface area (Å²) in [5.74, 6) is 0. The largest absolute Gasteiger partial charge is 0.376 e. The van der Waals surface area contributed by atoms with Gasteiger partial charge in [0, 0.05) is 36.9 Å². The molecule has 0 spiro atoms. The van der Waals surface area contributed by atoms with Gasteiger partial charge < -0.3 is 9.30 Å². The van der Waals surface area contributed by atoms with E-state index in [0.717, 1.165) is 36.9 Å². The summed E-state index contributed by atoms with van der Waals surface area (Å²) < 4.78 is 7.64. The molecule has 1 aromatic carbocycles. The highest BCUT2D eigenvalue weighted by atomic mass is 16.6. The van der Waals surface area contributed by atoms with Crippen molar-refractivity contribution in [3.8, 4) is 0 Å².